The highest BCUT2D eigenvalue weighted by Crippen LogP contribution is 2.75. The molecule has 2 aliphatic rings. The highest BCUT2D eigenvalue weighted by molar-refractivity contribution is 9.10. The van der Waals surface area contributed by atoms with Crippen molar-refractivity contribution in [2.24, 2.45) is 10.9 Å². The predicted molar refractivity (Wildman–Crippen MR) is 144 cm³/mol. The minimum absolute atomic E-state index is 0.000847. The van der Waals surface area contributed by atoms with Gasteiger partial charge in [0, 0.05) is 17.1 Å². The van der Waals surface area contributed by atoms with Gasteiger partial charge in [-0.25, -0.2) is 18.0 Å². The summed E-state index contributed by atoms with van der Waals surface area (Å²) in [6.07, 6.45) is -0.758. The molecule has 0 saturated heterocycles. The second kappa shape index (κ2) is 10.1. The van der Waals surface area contributed by atoms with Crippen LogP contribution in [0.4, 0.5) is 18.0 Å². The maximum absolute atomic E-state index is 15.7. The van der Waals surface area contributed by atoms with Gasteiger partial charge < -0.3 is 14.2 Å². The number of methoxy groups -OCH3 is 2. The van der Waals surface area contributed by atoms with Crippen molar-refractivity contribution in [3.05, 3.63) is 63.9 Å². The zero-order valence-electron chi connectivity index (χ0n) is 22.0. The molecule has 0 spiro atoms. The van der Waals surface area contributed by atoms with Crippen molar-refractivity contribution < 1.29 is 32.2 Å². The summed E-state index contributed by atoms with van der Waals surface area (Å²) in [5.41, 5.74) is -1.86. The smallest absolute Gasteiger partial charge is 0.416 e. The van der Waals surface area contributed by atoms with E-state index < -0.39 is 39.6 Å². The van der Waals surface area contributed by atoms with E-state index in [1.807, 2.05) is 0 Å². The number of carbonyl (C=O) groups is 1. The monoisotopic (exact) mass is 614 g/mol. The lowest BCUT2D eigenvalue weighted by Crippen LogP contribution is -2.45. The van der Waals surface area contributed by atoms with E-state index in [1.165, 1.54) is 37.1 Å². The largest absolute Gasteiger partial charge is 0.497 e. The van der Waals surface area contributed by atoms with Crippen LogP contribution >= 0.6 is 27.7 Å². The molecule has 1 fully saturated rings. The summed E-state index contributed by atoms with van der Waals surface area (Å²) in [7, 11) is 2.88. The second-order valence-corrected chi connectivity index (χ2v) is 12.8. The Hall–Kier alpha value is -2.24. The molecule has 1 saturated carbocycles. The molecule has 1 heterocycles. The summed E-state index contributed by atoms with van der Waals surface area (Å²) >= 11 is 4.10. The number of amidine groups is 1. The van der Waals surface area contributed by atoms with Crippen LogP contribution in [0.2, 0.25) is 0 Å². The number of ether oxygens (including phenoxy) is 3. The number of amides is 1. The topological polar surface area (TPSA) is 60.4 Å². The third-order valence-electron chi connectivity index (χ3n) is 6.65. The minimum atomic E-state index is -3.25. The van der Waals surface area contributed by atoms with Crippen molar-refractivity contribution in [3.8, 4) is 5.75 Å². The van der Waals surface area contributed by atoms with Crippen LogP contribution in [-0.2, 0) is 21.6 Å². The number of aliphatic imine (C=N–C) groups is 1. The molecular formula is C27H30BrF3N2O4S. The van der Waals surface area contributed by atoms with E-state index in [9.17, 15) is 4.79 Å². The molecule has 0 aromatic heterocycles. The van der Waals surface area contributed by atoms with Gasteiger partial charge in [-0.1, -0.05) is 39.8 Å². The molecule has 0 bridgehead atoms. The van der Waals surface area contributed by atoms with Gasteiger partial charge in [0.25, 0.3) is 5.92 Å². The molecular weight excluding hydrogens is 585 g/mol. The summed E-state index contributed by atoms with van der Waals surface area (Å²) in [6.45, 7) is 6.29. The molecule has 1 amide bonds. The molecule has 1 aliphatic heterocycles. The molecule has 2 aromatic rings. The zero-order valence-corrected chi connectivity index (χ0v) is 24.4. The van der Waals surface area contributed by atoms with Gasteiger partial charge >= 0.3 is 6.09 Å². The average molecular weight is 616 g/mol. The fourth-order valence-electron chi connectivity index (χ4n) is 4.90. The molecule has 2 unspecified atom stereocenters. The summed E-state index contributed by atoms with van der Waals surface area (Å²) in [5, 5.41) is 0.00224. The quantitative estimate of drug-likeness (QED) is 0.350. The third kappa shape index (κ3) is 5.04. The lowest BCUT2D eigenvalue weighted by atomic mass is 9.85. The Labute approximate surface area is 233 Å². The first kappa shape index (κ1) is 28.8. The number of hydrogen-bond acceptors (Lipinski definition) is 6. The Morgan fingerprint density at radius 3 is 2.39 bits per heavy atom. The summed E-state index contributed by atoms with van der Waals surface area (Å²) in [5.74, 6) is -4.65. The summed E-state index contributed by atoms with van der Waals surface area (Å²) in [6, 6.07) is 11.2. The lowest BCUT2D eigenvalue weighted by molar-refractivity contribution is 0.0362. The molecule has 0 N–H and O–H groups in total. The van der Waals surface area contributed by atoms with E-state index in [1.54, 1.807) is 52.1 Å². The highest BCUT2D eigenvalue weighted by atomic mass is 79.9. The Bertz CT molecular complexity index is 1250. The maximum Gasteiger partial charge on any atom is 0.416 e. The van der Waals surface area contributed by atoms with Crippen LogP contribution in [0, 0.1) is 11.7 Å². The molecule has 11 heteroatoms. The van der Waals surface area contributed by atoms with Crippen molar-refractivity contribution in [2.45, 2.75) is 56.0 Å². The number of nitrogens with zero attached hydrogens (tertiary/aromatic N) is 2. The lowest BCUT2D eigenvalue weighted by Gasteiger charge is -2.37. The second-order valence-electron chi connectivity index (χ2n) is 10.6. The number of halogens is 4. The van der Waals surface area contributed by atoms with Gasteiger partial charge in [0.1, 0.15) is 21.9 Å². The van der Waals surface area contributed by atoms with Crippen molar-refractivity contribution in [3.63, 3.8) is 0 Å². The molecule has 206 valence electrons. The van der Waals surface area contributed by atoms with Gasteiger partial charge in [-0.05, 0) is 63.6 Å². The first-order valence-corrected chi connectivity index (χ1v) is 13.5. The Morgan fingerprint density at radius 2 is 1.82 bits per heavy atom. The first-order chi connectivity index (χ1) is 17.7. The fourth-order valence-corrected chi connectivity index (χ4v) is 6.94. The van der Waals surface area contributed by atoms with Gasteiger partial charge in [-0.3, -0.25) is 9.89 Å². The number of carbonyl (C=O) groups excluding carboxylic acids is 1. The Balaban J connectivity index is 1.87. The molecule has 3 atom stereocenters. The van der Waals surface area contributed by atoms with Gasteiger partial charge in [-0.2, -0.15) is 0 Å². The van der Waals surface area contributed by atoms with Crippen LogP contribution < -0.4 is 4.74 Å². The number of hydrogen-bond donors (Lipinski definition) is 0. The van der Waals surface area contributed by atoms with Crippen LogP contribution in [0.1, 0.15) is 38.8 Å². The van der Waals surface area contributed by atoms with Gasteiger partial charge in [0.2, 0.25) is 0 Å². The SMILES string of the molecule is COCC12SC(N(Cc3ccc(OC)cc3)C(=O)OC(C)(C)C)=N[C@](C)(c3cc(Br)ccc3F)C1C2(F)F. The first-order valence-electron chi connectivity index (χ1n) is 11.9. The number of alkyl halides is 2. The number of rotatable bonds is 6. The number of thioether (sulfide) groups is 1. The maximum atomic E-state index is 15.7. The summed E-state index contributed by atoms with van der Waals surface area (Å²) < 4.78 is 61.5. The zero-order chi connectivity index (χ0) is 28.1. The average Bonchev–Trinajstić information content (AvgIpc) is 3.33. The van der Waals surface area contributed by atoms with Crippen LogP contribution in [0.5, 0.6) is 5.75 Å². The molecule has 38 heavy (non-hydrogen) atoms. The fraction of sp³-hybridized carbons (Fsp3) is 0.481. The van der Waals surface area contributed by atoms with Crippen LogP contribution in [-0.4, -0.2) is 53.3 Å². The minimum Gasteiger partial charge on any atom is -0.497 e. The van der Waals surface area contributed by atoms with Crippen molar-refractivity contribution in [1.29, 1.82) is 0 Å². The van der Waals surface area contributed by atoms with Crippen LogP contribution in [0.25, 0.3) is 0 Å². The molecule has 0 radical (unpaired) electrons. The summed E-state index contributed by atoms with van der Waals surface area (Å²) in [4.78, 5) is 19.4. The molecule has 2 aromatic carbocycles. The van der Waals surface area contributed by atoms with Crippen molar-refractivity contribution in [2.75, 3.05) is 20.8 Å². The molecule has 6 nitrogen and oxygen atoms in total. The van der Waals surface area contributed by atoms with Gasteiger partial charge in [0.05, 0.1) is 31.7 Å². The number of fused-ring (bicyclic) bond motifs is 1. The Morgan fingerprint density at radius 1 is 1.16 bits per heavy atom. The standard InChI is InChI=1S/C27H30BrF3N2O4S/c1-24(2,3)37-23(34)33(14-16-7-10-18(36-6)11-8-16)22-32-25(4,19-13-17(28)9-12-20(19)29)21-26(38-22,15-35-5)27(21,30)31/h7-13,21H,14-15H2,1-6H3/t21?,25-,26?/m1/s1. The third-order valence-corrected chi connectivity index (χ3v) is 8.63. The van der Waals surface area contributed by atoms with Crippen LogP contribution in [0.3, 0.4) is 0 Å². The van der Waals surface area contributed by atoms with E-state index >= 15 is 13.2 Å². The van der Waals surface area contributed by atoms with E-state index in [4.69, 9.17) is 19.2 Å². The van der Waals surface area contributed by atoms with E-state index in [2.05, 4.69) is 15.9 Å². The van der Waals surface area contributed by atoms with E-state index in [0.29, 0.717) is 15.8 Å². The molecule has 1 aliphatic carbocycles. The van der Waals surface area contributed by atoms with Gasteiger partial charge in [0.15, 0.2) is 5.17 Å². The van der Waals surface area contributed by atoms with E-state index in [-0.39, 0.29) is 23.9 Å². The molecule has 4 rings (SSSR count). The normalized spacial score (nSPS) is 25.7. The highest BCUT2D eigenvalue weighted by Gasteiger charge is 2.88. The van der Waals surface area contributed by atoms with Gasteiger partial charge in [-0.15, -0.1) is 0 Å². The Kier molecular flexibility index (Phi) is 7.61. The van der Waals surface area contributed by atoms with Crippen molar-refractivity contribution in [1.82, 2.24) is 4.90 Å². The van der Waals surface area contributed by atoms with Crippen LogP contribution in [0.15, 0.2) is 51.9 Å². The van der Waals surface area contributed by atoms with Crippen molar-refractivity contribution >= 4 is 39.0 Å². The number of benzene rings is 2. The van der Waals surface area contributed by atoms with E-state index in [0.717, 1.165) is 11.8 Å². The predicted octanol–water partition coefficient (Wildman–Crippen LogP) is 7.00.